The molecule has 0 aliphatic heterocycles. The van der Waals surface area contributed by atoms with Crippen molar-refractivity contribution in [3.63, 3.8) is 0 Å². The standard InChI is InChI=1S/C18H25N3O2/c1-7-13(19)16-12(4)20-17(21-18(16)23-6)15-11(3)8-10(2)9-14(15)22-5/h8-9,13H,7,19H2,1-6H3. The van der Waals surface area contributed by atoms with Crippen LogP contribution in [0.1, 0.15) is 41.8 Å². The van der Waals surface area contributed by atoms with E-state index in [1.165, 1.54) is 0 Å². The van der Waals surface area contributed by atoms with E-state index in [-0.39, 0.29) is 6.04 Å². The molecule has 5 nitrogen and oxygen atoms in total. The number of aryl methyl sites for hydroxylation is 3. The highest BCUT2D eigenvalue weighted by atomic mass is 16.5. The molecule has 0 radical (unpaired) electrons. The number of ether oxygens (including phenoxy) is 2. The van der Waals surface area contributed by atoms with Crippen molar-refractivity contribution >= 4 is 0 Å². The first-order chi connectivity index (χ1) is 10.9. The monoisotopic (exact) mass is 315 g/mol. The lowest BCUT2D eigenvalue weighted by Gasteiger charge is -2.18. The van der Waals surface area contributed by atoms with E-state index in [4.69, 9.17) is 15.2 Å². The molecule has 1 unspecified atom stereocenters. The second kappa shape index (κ2) is 6.96. The molecule has 1 aromatic heterocycles. The summed E-state index contributed by atoms with van der Waals surface area (Å²) in [5, 5.41) is 0. The predicted octanol–water partition coefficient (Wildman–Crippen LogP) is 3.50. The lowest BCUT2D eigenvalue weighted by molar-refractivity contribution is 0.385. The van der Waals surface area contributed by atoms with E-state index in [2.05, 4.69) is 16.0 Å². The number of nitrogens with two attached hydrogens (primary N) is 1. The first-order valence-electron chi connectivity index (χ1n) is 7.76. The summed E-state index contributed by atoms with van der Waals surface area (Å²) in [5.41, 5.74) is 11.0. The largest absolute Gasteiger partial charge is 0.496 e. The van der Waals surface area contributed by atoms with Crippen LogP contribution in [0.5, 0.6) is 11.6 Å². The Labute approximate surface area is 137 Å². The second-order valence-corrected chi connectivity index (χ2v) is 5.73. The molecule has 1 atom stereocenters. The second-order valence-electron chi connectivity index (χ2n) is 5.73. The number of nitrogens with zero attached hydrogens (tertiary/aromatic N) is 2. The number of hydrogen-bond acceptors (Lipinski definition) is 5. The minimum Gasteiger partial charge on any atom is -0.496 e. The first kappa shape index (κ1) is 17.2. The van der Waals surface area contributed by atoms with Gasteiger partial charge in [0.25, 0.3) is 0 Å². The number of methoxy groups -OCH3 is 2. The smallest absolute Gasteiger partial charge is 0.221 e. The highest BCUT2D eigenvalue weighted by Gasteiger charge is 2.21. The zero-order valence-corrected chi connectivity index (χ0v) is 14.7. The first-order valence-corrected chi connectivity index (χ1v) is 7.76. The third kappa shape index (κ3) is 3.29. The van der Waals surface area contributed by atoms with Gasteiger partial charge in [0.15, 0.2) is 5.82 Å². The van der Waals surface area contributed by atoms with Crippen molar-refractivity contribution in [2.45, 2.75) is 40.2 Å². The van der Waals surface area contributed by atoms with Crippen LogP contribution in [-0.4, -0.2) is 24.2 Å². The van der Waals surface area contributed by atoms with E-state index < -0.39 is 0 Å². The highest BCUT2D eigenvalue weighted by molar-refractivity contribution is 5.70. The van der Waals surface area contributed by atoms with Gasteiger partial charge in [-0.1, -0.05) is 13.0 Å². The van der Waals surface area contributed by atoms with Crippen molar-refractivity contribution in [2.75, 3.05) is 14.2 Å². The van der Waals surface area contributed by atoms with Gasteiger partial charge in [-0.05, 0) is 44.4 Å². The summed E-state index contributed by atoms with van der Waals surface area (Å²) in [5.74, 6) is 1.89. The van der Waals surface area contributed by atoms with Crippen LogP contribution in [0.3, 0.4) is 0 Å². The molecule has 1 heterocycles. The summed E-state index contributed by atoms with van der Waals surface area (Å²) in [6, 6.07) is 3.94. The number of hydrogen-bond donors (Lipinski definition) is 1. The molecule has 0 aliphatic rings. The molecular weight excluding hydrogens is 290 g/mol. The summed E-state index contributed by atoms with van der Waals surface area (Å²) >= 11 is 0. The van der Waals surface area contributed by atoms with Crippen LogP contribution < -0.4 is 15.2 Å². The Hall–Kier alpha value is -2.14. The Kier molecular flexibility index (Phi) is 5.21. The van der Waals surface area contributed by atoms with Crippen LogP contribution in [0.4, 0.5) is 0 Å². The molecular formula is C18H25N3O2. The van der Waals surface area contributed by atoms with Gasteiger partial charge in [-0.25, -0.2) is 4.98 Å². The molecule has 0 bridgehead atoms. The number of rotatable bonds is 5. The molecule has 2 rings (SSSR count). The highest BCUT2D eigenvalue weighted by Crippen LogP contribution is 2.35. The zero-order valence-electron chi connectivity index (χ0n) is 14.7. The SMILES string of the molecule is CCC(N)c1c(C)nc(-c2c(C)cc(C)cc2OC)nc1OC. The van der Waals surface area contributed by atoms with Crippen molar-refractivity contribution in [1.29, 1.82) is 0 Å². The van der Waals surface area contributed by atoms with Gasteiger partial charge >= 0.3 is 0 Å². The molecule has 124 valence electrons. The van der Waals surface area contributed by atoms with Gasteiger partial charge in [-0.3, -0.25) is 0 Å². The Morgan fingerprint density at radius 1 is 1.09 bits per heavy atom. The fourth-order valence-electron chi connectivity index (χ4n) is 2.83. The summed E-state index contributed by atoms with van der Waals surface area (Å²) < 4.78 is 11.0. The fourth-order valence-corrected chi connectivity index (χ4v) is 2.83. The molecule has 0 fully saturated rings. The van der Waals surface area contributed by atoms with Crippen LogP contribution in [0.15, 0.2) is 12.1 Å². The molecule has 2 N–H and O–H groups in total. The van der Waals surface area contributed by atoms with Gasteiger partial charge in [-0.2, -0.15) is 4.98 Å². The molecule has 5 heteroatoms. The van der Waals surface area contributed by atoms with Crippen molar-refractivity contribution in [1.82, 2.24) is 9.97 Å². The Morgan fingerprint density at radius 3 is 2.35 bits per heavy atom. The van der Waals surface area contributed by atoms with E-state index >= 15 is 0 Å². The van der Waals surface area contributed by atoms with E-state index in [9.17, 15) is 0 Å². The maximum Gasteiger partial charge on any atom is 0.221 e. The molecule has 0 saturated carbocycles. The normalized spacial score (nSPS) is 12.1. The van der Waals surface area contributed by atoms with Crippen molar-refractivity contribution in [2.24, 2.45) is 5.73 Å². The molecule has 0 amide bonds. The molecule has 1 aromatic carbocycles. The van der Waals surface area contributed by atoms with E-state index in [1.54, 1.807) is 14.2 Å². The molecule has 23 heavy (non-hydrogen) atoms. The Morgan fingerprint density at radius 2 is 1.78 bits per heavy atom. The molecule has 0 spiro atoms. The van der Waals surface area contributed by atoms with Crippen LogP contribution >= 0.6 is 0 Å². The number of benzene rings is 1. The molecule has 2 aromatic rings. The van der Waals surface area contributed by atoms with Gasteiger partial charge in [0.05, 0.1) is 25.3 Å². The van der Waals surface area contributed by atoms with E-state index in [1.807, 2.05) is 33.8 Å². The van der Waals surface area contributed by atoms with Crippen molar-refractivity contribution in [3.05, 3.63) is 34.5 Å². The molecule has 0 saturated heterocycles. The average molecular weight is 315 g/mol. The minimum absolute atomic E-state index is 0.139. The summed E-state index contributed by atoms with van der Waals surface area (Å²) in [6.45, 7) is 8.04. The topological polar surface area (TPSA) is 70.3 Å². The maximum absolute atomic E-state index is 6.18. The Bertz CT molecular complexity index is 714. The quantitative estimate of drug-likeness (QED) is 0.914. The Balaban J connectivity index is 2.69. The fraction of sp³-hybridized carbons (Fsp3) is 0.444. The van der Waals surface area contributed by atoms with Crippen LogP contribution in [0.25, 0.3) is 11.4 Å². The predicted molar refractivity (Wildman–Crippen MR) is 92.0 cm³/mol. The minimum atomic E-state index is -0.139. The summed E-state index contributed by atoms with van der Waals surface area (Å²) in [6.07, 6.45) is 0.798. The third-order valence-corrected chi connectivity index (χ3v) is 3.99. The van der Waals surface area contributed by atoms with Gasteiger partial charge in [-0.15, -0.1) is 0 Å². The zero-order chi connectivity index (χ0) is 17.1. The summed E-state index contributed by atoms with van der Waals surface area (Å²) in [7, 11) is 3.26. The van der Waals surface area contributed by atoms with E-state index in [0.29, 0.717) is 11.7 Å². The third-order valence-electron chi connectivity index (χ3n) is 3.99. The van der Waals surface area contributed by atoms with Gasteiger partial charge < -0.3 is 15.2 Å². The van der Waals surface area contributed by atoms with Gasteiger partial charge in [0.2, 0.25) is 5.88 Å². The summed E-state index contributed by atoms with van der Waals surface area (Å²) in [4.78, 5) is 9.27. The number of aromatic nitrogens is 2. The average Bonchev–Trinajstić information content (AvgIpc) is 2.52. The molecule has 0 aliphatic carbocycles. The van der Waals surface area contributed by atoms with Crippen LogP contribution in [-0.2, 0) is 0 Å². The van der Waals surface area contributed by atoms with Crippen LogP contribution in [0, 0.1) is 20.8 Å². The van der Waals surface area contributed by atoms with Gasteiger partial charge in [0, 0.05) is 11.7 Å². The van der Waals surface area contributed by atoms with Crippen molar-refractivity contribution < 1.29 is 9.47 Å². The van der Waals surface area contributed by atoms with E-state index in [0.717, 1.165) is 40.1 Å². The maximum atomic E-state index is 6.18. The van der Waals surface area contributed by atoms with Crippen LogP contribution in [0.2, 0.25) is 0 Å². The lowest BCUT2D eigenvalue weighted by Crippen LogP contribution is -2.15. The lowest BCUT2D eigenvalue weighted by atomic mass is 10.0. The van der Waals surface area contributed by atoms with Gasteiger partial charge in [0.1, 0.15) is 5.75 Å². The van der Waals surface area contributed by atoms with Crippen molar-refractivity contribution in [3.8, 4) is 23.0 Å².